The first-order valence-electron chi connectivity index (χ1n) is 14.8. The molecule has 1 amide bonds. The van der Waals surface area contributed by atoms with Crippen molar-refractivity contribution < 1.29 is 28.8 Å². The molecule has 2 N–H and O–H groups in total. The van der Waals surface area contributed by atoms with Gasteiger partial charge in [-0.3, -0.25) is 14.7 Å². The van der Waals surface area contributed by atoms with E-state index in [1.165, 1.54) is 17.3 Å². The number of aliphatic hydroxyl groups excluding tert-OH is 1. The van der Waals surface area contributed by atoms with Crippen LogP contribution in [0.5, 0.6) is 11.5 Å². The van der Waals surface area contributed by atoms with Gasteiger partial charge in [-0.05, 0) is 65.1 Å². The van der Waals surface area contributed by atoms with Crippen LogP contribution in [0.1, 0.15) is 57.0 Å². The van der Waals surface area contributed by atoms with E-state index in [0.29, 0.717) is 17.7 Å². The molecule has 44 heavy (non-hydrogen) atoms. The molecular weight excluding hydrogens is 558 g/mol. The van der Waals surface area contributed by atoms with Crippen LogP contribution in [0.25, 0.3) is 0 Å². The summed E-state index contributed by atoms with van der Waals surface area (Å²) in [5.41, 5.74) is 6.33. The number of ether oxygens (including phenoxy) is 4. The summed E-state index contributed by atoms with van der Waals surface area (Å²) in [6, 6.07) is 23.1. The van der Waals surface area contributed by atoms with Gasteiger partial charge in [-0.1, -0.05) is 36.4 Å². The number of methoxy groups -OCH3 is 2. The summed E-state index contributed by atoms with van der Waals surface area (Å²) in [5.74, 6) is 1.25. The number of aliphatic hydroxyl groups is 1. The molecule has 228 valence electrons. The normalized spacial score (nSPS) is 20.0. The monoisotopic (exact) mass is 595 g/mol. The number of amides is 1. The van der Waals surface area contributed by atoms with Crippen LogP contribution in [0.3, 0.4) is 0 Å². The quantitative estimate of drug-likeness (QED) is 0.264. The largest absolute Gasteiger partial charge is 0.493 e. The van der Waals surface area contributed by atoms with Gasteiger partial charge < -0.3 is 29.4 Å². The zero-order chi connectivity index (χ0) is 30.5. The number of carbonyl (C=O) groups is 1. The first-order chi connectivity index (χ1) is 21.5. The van der Waals surface area contributed by atoms with E-state index >= 15 is 0 Å². The van der Waals surface area contributed by atoms with Crippen LogP contribution in [-0.2, 0) is 29.0 Å². The number of nitrogens with zero attached hydrogens (tertiary/aromatic N) is 2. The maximum Gasteiger partial charge on any atom is 0.257 e. The average molecular weight is 596 g/mol. The van der Waals surface area contributed by atoms with Gasteiger partial charge in [0.25, 0.3) is 5.91 Å². The highest BCUT2D eigenvalue weighted by atomic mass is 16.7. The van der Waals surface area contributed by atoms with Gasteiger partial charge in [-0.25, -0.2) is 0 Å². The summed E-state index contributed by atoms with van der Waals surface area (Å²) < 4.78 is 24.2. The third kappa shape index (κ3) is 6.76. The number of benzene rings is 3. The molecule has 9 nitrogen and oxygen atoms in total. The highest BCUT2D eigenvalue weighted by molar-refractivity contribution is 6.04. The Morgan fingerprint density at radius 3 is 2.50 bits per heavy atom. The molecule has 6 rings (SSSR count). The molecule has 4 aromatic rings. The summed E-state index contributed by atoms with van der Waals surface area (Å²) >= 11 is 0. The van der Waals surface area contributed by atoms with Gasteiger partial charge in [0.05, 0.1) is 38.6 Å². The standard InChI is InChI=1S/C35H37N3O6/c1-41-32-16-25-12-14-38(20-28(25)17-33(32)42-2)21-30-18-31(24-10-8-23(22-39)9-11-24)44-35(43-30)26-5-3-7-29(15-26)37-34(40)27-6-4-13-36-19-27/h3-11,13,15-17,19,30-31,35,39H,12,14,18,20-22H2,1-2H3,(H,37,40)/t30-,31+,35+/m1/s1. The van der Waals surface area contributed by atoms with Crippen LogP contribution in [-0.4, -0.2) is 54.3 Å². The molecule has 0 aliphatic carbocycles. The molecule has 0 spiro atoms. The Balaban J connectivity index is 1.22. The van der Waals surface area contributed by atoms with Crippen molar-refractivity contribution in [1.29, 1.82) is 0 Å². The van der Waals surface area contributed by atoms with Crippen molar-refractivity contribution in [2.45, 2.75) is 44.5 Å². The Kier molecular flexibility index (Phi) is 9.18. The molecule has 0 unspecified atom stereocenters. The third-order valence-electron chi connectivity index (χ3n) is 8.21. The minimum Gasteiger partial charge on any atom is -0.493 e. The van der Waals surface area contributed by atoms with Crippen molar-refractivity contribution in [2.75, 3.05) is 32.6 Å². The van der Waals surface area contributed by atoms with Crippen LogP contribution >= 0.6 is 0 Å². The van der Waals surface area contributed by atoms with E-state index in [0.717, 1.165) is 54.2 Å². The highest BCUT2D eigenvalue weighted by Gasteiger charge is 2.34. The number of anilines is 1. The summed E-state index contributed by atoms with van der Waals surface area (Å²) in [6.45, 7) is 2.41. The molecule has 0 saturated carbocycles. The first-order valence-corrected chi connectivity index (χ1v) is 14.8. The fourth-order valence-corrected chi connectivity index (χ4v) is 5.88. The van der Waals surface area contributed by atoms with Gasteiger partial charge in [-0.2, -0.15) is 0 Å². The predicted octanol–water partition coefficient (Wildman–Crippen LogP) is 5.45. The van der Waals surface area contributed by atoms with Crippen LogP contribution in [0.15, 0.2) is 85.2 Å². The fourth-order valence-electron chi connectivity index (χ4n) is 5.88. The maximum absolute atomic E-state index is 12.8. The lowest BCUT2D eigenvalue weighted by atomic mass is 9.97. The third-order valence-corrected chi connectivity index (χ3v) is 8.21. The minimum atomic E-state index is -0.632. The van der Waals surface area contributed by atoms with Gasteiger partial charge in [0.15, 0.2) is 17.8 Å². The molecule has 3 aromatic carbocycles. The second-order valence-electron chi connectivity index (χ2n) is 11.1. The molecule has 3 atom stereocenters. The minimum absolute atomic E-state index is 0.00911. The molecule has 1 saturated heterocycles. The molecule has 1 aromatic heterocycles. The Morgan fingerprint density at radius 2 is 1.77 bits per heavy atom. The number of aromatic nitrogens is 1. The summed E-state index contributed by atoms with van der Waals surface area (Å²) in [4.78, 5) is 19.2. The van der Waals surface area contributed by atoms with Crippen molar-refractivity contribution in [3.63, 3.8) is 0 Å². The molecular formula is C35H37N3O6. The predicted molar refractivity (Wildman–Crippen MR) is 166 cm³/mol. The molecule has 3 heterocycles. The Labute approximate surface area is 257 Å². The van der Waals surface area contributed by atoms with E-state index in [1.807, 2.05) is 48.5 Å². The molecule has 2 aliphatic heterocycles. The summed E-state index contributed by atoms with van der Waals surface area (Å²) in [6.07, 6.45) is 3.82. The maximum atomic E-state index is 12.8. The van der Waals surface area contributed by atoms with E-state index in [2.05, 4.69) is 27.3 Å². The zero-order valence-corrected chi connectivity index (χ0v) is 24.9. The van der Waals surface area contributed by atoms with Crippen LogP contribution < -0.4 is 14.8 Å². The van der Waals surface area contributed by atoms with Crippen molar-refractivity contribution in [1.82, 2.24) is 9.88 Å². The molecule has 2 aliphatic rings. The Morgan fingerprint density at radius 1 is 0.977 bits per heavy atom. The van der Waals surface area contributed by atoms with Crippen LogP contribution in [0.4, 0.5) is 5.69 Å². The smallest absolute Gasteiger partial charge is 0.257 e. The summed E-state index contributed by atoms with van der Waals surface area (Å²) in [5, 5.41) is 12.5. The number of carbonyl (C=O) groups excluding carboxylic acids is 1. The Hall–Kier alpha value is -4.28. The van der Waals surface area contributed by atoms with Crippen LogP contribution in [0, 0.1) is 0 Å². The van der Waals surface area contributed by atoms with Crippen molar-refractivity contribution in [3.05, 3.63) is 119 Å². The molecule has 1 fully saturated rings. The number of hydrogen-bond donors (Lipinski definition) is 2. The van der Waals surface area contributed by atoms with Crippen LogP contribution in [0.2, 0.25) is 0 Å². The number of pyridine rings is 1. The van der Waals surface area contributed by atoms with Gasteiger partial charge >= 0.3 is 0 Å². The lowest BCUT2D eigenvalue weighted by Gasteiger charge is -2.39. The van der Waals surface area contributed by atoms with E-state index < -0.39 is 6.29 Å². The van der Waals surface area contributed by atoms with Gasteiger partial charge in [-0.15, -0.1) is 0 Å². The second kappa shape index (κ2) is 13.6. The lowest BCUT2D eigenvalue weighted by Crippen LogP contribution is -2.41. The zero-order valence-electron chi connectivity index (χ0n) is 24.9. The molecule has 0 radical (unpaired) electrons. The highest BCUT2D eigenvalue weighted by Crippen LogP contribution is 2.39. The number of hydrogen-bond acceptors (Lipinski definition) is 8. The summed E-state index contributed by atoms with van der Waals surface area (Å²) in [7, 11) is 3.32. The van der Waals surface area contributed by atoms with Crippen molar-refractivity contribution in [3.8, 4) is 11.5 Å². The fraction of sp³-hybridized carbons (Fsp3) is 0.314. The SMILES string of the molecule is COc1cc2c(cc1OC)CN(C[C@H]1C[C@@H](c3ccc(CO)cc3)O[C@@H](c3cccc(NC(=O)c4cccnc4)c3)O1)CC2. The van der Waals surface area contributed by atoms with Gasteiger partial charge in [0.1, 0.15) is 0 Å². The number of rotatable bonds is 9. The van der Waals surface area contributed by atoms with Crippen molar-refractivity contribution in [2.24, 2.45) is 0 Å². The van der Waals surface area contributed by atoms with E-state index in [4.69, 9.17) is 18.9 Å². The van der Waals surface area contributed by atoms with Crippen molar-refractivity contribution >= 4 is 11.6 Å². The van der Waals surface area contributed by atoms with E-state index in [9.17, 15) is 9.90 Å². The van der Waals surface area contributed by atoms with E-state index in [1.54, 1.807) is 32.5 Å². The van der Waals surface area contributed by atoms with Gasteiger partial charge in [0.2, 0.25) is 0 Å². The topological polar surface area (TPSA) is 102 Å². The van der Waals surface area contributed by atoms with Gasteiger partial charge in [0, 0.05) is 49.7 Å². The number of fused-ring (bicyclic) bond motifs is 1. The van der Waals surface area contributed by atoms with E-state index in [-0.39, 0.29) is 24.7 Å². The molecule has 9 heteroatoms. The average Bonchev–Trinajstić information content (AvgIpc) is 3.08. The lowest BCUT2D eigenvalue weighted by molar-refractivity contribution is -0.253. The molecule has 0 bridgehead atoms. The first kappa shape index (κ1) is 29.8. The Bertz CT molecular complexity index is 1580. The second-order valence-corrected chi connectivity index (χ2v) is 11.1. The number of nitrogens with one attached hydrogen (secondary N) is 1.